The maximum atomic E-state index is 14.4. The molecule has 4 aromatic rings. The highest BCUT2D eigenvalue weighted by molar-refractivity contribution is 7.10. The number of amides is 2. The summed E-state index contributed by atoms with van der Waals surface area (Å²) in [6, 6.07) is 26.6. The average Bonchev–Trinajstić information content (AvgIpc) is 3.46. The van der Waals surface area contributed by atoms with E-state index in [1.807, 2.05) is 72.1 Å². The summed E-state index contributed by atoms with van der Waals surface area (Å²) in [5.41, 5.74) is 3.13. The quantitative estimate of drug-likeness (QED) is 0.262. The van der Waals surface area contributed by atoms with Crippen LogP contribution in [0.15, 0.2) is 96.4 Å². The van der Waals surface area contributed by atoms with Gasteiger partial charge in [-0.25, -0.2) is 4.39 Å². The minimum absolute atomic E-state index is 0.0732. The van der Waals surface area contributed by atoms with Crippen LogP contribution in [0.1, 0.15) is 48.6 Å². The lowest BCUT2D eigenvalue weighted by Gasteiger charge is -2.33. The van der Waals surface area contributed by atoms with Crippen LogP contribution in [0.5, 0.6) is 0 Å². The lowest BCUT2D eigenvalue weighted by atomic mass is 9.94. The number of hydrogen-bond donors (Lipinski definition) is 1. The lowest BCUT2D eigenvalue weighted by molar-refractivity contribution is -0.127. The van der Waals surface area contributed by atoms with E-state index in [-0.39, 0.29) is 24.3 Å². The lowest BCUT2D eigenvalue weighted by Crippen LogP contribution is -2.47. The molecule has 6 heteroatoms. The largest absolute Gasteiger partial charge is 0.351 e. The molecule has 1 aliphatic rings. The number of nitrogens with zero attached hydrogens (tertiary/aromatic N) is 1. The highest BCUT2D eigenvalue weighted by Gasteiger charge is 2.34. The van der Waals surface area contributed by atoms with Gasteiger partial charge in [-0.3, -0.25) is 14.5 Å². The van der Waals surface area contributed by atoms with Gasteiger partial charge >= 0.3 is 0 Å². The van der Waals surface area contributed by atoms with Gasteiger partial charge < -0.3 is 5.32 Å². The van der Waals surface area contributed by atoms with Crippen molar-refractivity contribution in [3.05, 3.63) is 113 Å². The minimum Gasteiger partial charge on any atom is -0.351 e. The fraction of sp³-hybridized carbons (Fsp3) is 0.250. The molecule has 1 aliphatic carbocycles. The van der Waals surface area contributed by atoms with Crippen molar-refractivity contribution in [1.82, 2.24) is 5.32 Å². The highest BCUT2D eigenvalue weighted by Crippen LogP contribution is 2.32. The zero-order valence-electron chi connectivity index (χ0n) is 21.2. The molecule has 1 N–H and O–H groups in total. The molecule has 3 aromatic carbocycles. The van der Waals surface area contributed by atoms with E-state index in [1.54, 1.807) is 12.1 Å². The van der Waals surface area contributed by atoms with Gasteiger partial charge in [-0.1, -0.05) is 86.0 Å². The van der Waals surface area contributed by atoms with Crippen molar-refractivity contribution in [2.24, 2.45) is 0 Å². The van der Waals surface area contributed by atoms with Crippen LogP contribution in [0.25, 0.3) is 11.1 Å². The molecule has 38 heavy (non-hydrogen) atoms. The number of halogens is 1. The molecular formula is C32H31FN2O2S. The molecule has 1 unspecified atom stereocenters. The molecular weight excluding hydrogens is 495 g/mol. The van der Waals surface area contributed by atoms with Crippen molar-refractivity contribution in [2.45, 2.75) is 50.6 Å². The number of anilines is 1. The van der Waals surface area contributed by atoms with Crippen molar-refractivity contribution < 1.29 is 14.0 Å². The van der Waals surface area contributed by atoms with E-state index in [4.69, 9.17) is 0 Å². The van der Waals surface area contributed by atoms with Gasteiger partial charge in [-0.15, -0.1) is 11.3 Å². The van der Waals surface area contributed by atoms with Crippen molar-refractivity contribution >= 4 is 28.8 Å². The van der Waals surface area contributed by atoms with E-state index >= 15 is 0 Å². The summed E-state index contributed by atoms with van der Waals surface area (Å²) in [6.45, 7) is 0. The van der Waals surface area contributed by atoms with Crippen molar-refractivity contribution in [3.8, 4) is 11.1 Å². The minimum atomic E-state index is -0.934. The van der Waals surface area contributed by atoms with E-state index in [0.29, 0.717) is 11.3 Å². The Hall–Kier alpha value is -3.77. The summed E-state index contributed by atoms with van der Waals surface area (Å²) in [5.74, 6) is -0.954. The normalized spacial score (nSPS) is 14.6. The first-order chi connectivity index (χ1) is 18.6. The van der Waals surface area contributed by atoms with Crippen LogP contribution in [-0.2, 0) is 16.0 Å². The predicted octanol–water partition coefficient (Wildman–Crippen LogP) is 7.32. The Morgan fingerprint density at radius 1 is 0.868 bits per heavy atom. The number of nitrogens with one attached hydrogen (secondary N) is 1. The first kappa shape index (κ1) is 25.9. The zero-order valence-corrected chi connectivity index (χ0v) is 22.0. The van der Waals surface area contributed by atoms with E-state index in [9.17, 15) is 14.0 Å². The molecule has 1 saturated carbocycles. The van der Waals surface area contributed by atoms with E-state index in [1.165, 1.54) is 34.8 Å². The second kappa shape index (κ2) is 12.2. The molecule has 0 spiro atoms. The number of thiophene rings is 1. The number of rotatable bonds is 8. The van der Waals surface area contributed by atoms with Crippen LogP contribution in [0.2, 0.25) is 0 Å². The van der Waals surface area contributed by atoms with E-state index < -0.39 is 11.9 Å². The highest BCUT2D eigenvalue weighted by atomic mass is 32.1. The third kappa shape index (κ3) is 6.20. The van der Waals surface area contributed by atoms with Crippen LogP contribution in [0.4, 0.5) is 10.1 Å². The van der Waals surface area contributed by atoms with Gasteiger partial charge in [-0.05, 0) is 59.2 Å². The molecule has 194 valence electrons. The second-order valence-electron chi connectivity index (χ2n) is 9.73. The monoisotopic (exact) mass is 526 g/mol. The van der Waals surface area contributed by atoms with Crippen LogP contribution in [0, 0.1) is 5.82 Å². The molecule has 1 fully saturated rings. The molecule has 2 amide bonds. The topological polar surface area (TPSA) is 49.4 Å². The second-order valence-corrected chi connectivity index (χ2v) is 10.8. The average molecular weight is 527 g/mol. The van der Waals surface area contributed by atoms with Gasteiger partial charge in [0.25, 0.3) is 0 Å². The SMILES string of the molecule is O=C(NC1CCCCC1)C(c1ccc(-c2ccccc2)cc1)N(C(=O)Cc1cccs1)c1cccc(F)c1. The Morgan fingerprint density at radius 3 is 2.29 bits per heavy atom. The summed E-state index contributed by atoms with van der Waals surface area (Å²) >= 11 is 1.49. The fourth-order valence-corrected chi connectivity index (χ4v) is 5.84. The summed E-state index contributed by atoms with van der Waals surface area (Å²) in [5, 5.41) is 5.14. The maximum absolute atomic E-state index is 14.4. The van der Waals surface area contributed by atoms with E-state index in [0.717, 1.165) is 41.7 Å². The van der Waals surface area contributed by atoms with Crippen molar-refractivity contribution in [1.29, 1.82) is 0 Å². The molecule has 5 rings (SSSR count). The molecule has 0 bridgehead atoms. The standard InChI is InChI=1S/C32H31FN2O2S/c33-26-11-7-14-28(21-26)35(30(36)22-29-15-8-20-38-29)31(32(37)34-27-12-5-2-6-13-27)25-18-16-24(17-19-25)23-9-3-1-4-10-23/h1,3-4,7-11,14-21,27,31H,2,5-6,12-13,22H2,(H,34,37). The van der Waals surface area contributed by atoms with Crippen molar-refractivity contribution in [2.75, 3.05) is 4.90 Å². The Kier molecular flexibility index (Phi) is 8.29. The molecule has 1 heterocycles. The first-order valence-corrected chi connectivity index (χ1v) is 14.0. The summed E-state index contributed by atoms with van der Waals surface area (Å²) < 4.78 is 14.4. The zero-order chi connectivity index (χ0) is 26.3. The van der Waals surface area contributed by atoms with Gasteiger partial charge in [0.2, 0.25) is 11.8 Å². The van der Waals surface area contributed by atoms with Gasteiger partial charge in [0.05, 0.1) is 6.42 Å². The smallest absolute Gasteiger partial charge is 0.248 e. The molecule has 0 radical (unpaired) electrons. The number of carbonyl (C=O) groups excluding carboxylic acids is 2. The molecule has 0 aliphatic heterocycles. The van der Waals surface area contributed by atoms with Crippen LogP contribution < -0.4 is 10.2 Å². The molecule has 1 atom stereocenters. The van der Waals surface area contributed by atoms with Gasteiger partial charge in [-0.2, -0.15) is 0 Å². The van der Waals surface area contributed by atoms with E-state index in [2.05, 4.69) is 5.32 Å². The first-order valence-electron chi connectivity index (χ1n) is 13.1. The third-order valence-electron chi connectivity index (χ3n) is 7.05. The number of benzene rings is 3. The summed E-state index contributed by atoms with van der Waals surface area (Å²) in [7, 11) is 0. The fourth-order valence-electron chi connectivity index (χ4n) is 5.14. The van der Waals surface area contributed by atoms with Crippen LogP contribution in [0.3, 0.4) is 0 Å². The molecule has 0 saturated heterocycles. The summed E-state index contributed by atoms with van der Waals surface area (Å²) in [6.07, 6.45) is 5.30. The Balaban J connectivity index is 1.55. The Labute approximate surface area is 227 Å². The van der Waals surface area contributed by atoms with Crippen LogP contribution in [-0.4, -0.2) is 17.9 Å². The van der Waals surface area contributed by atoms with Gasteiger partial charge in [0, 0.05) is 16.6 Å². The molecule has 4 nitrogen and oxygen atoms in total. The van der Waals surface area contributed by atoms with Crippen LogP contribution >= 0.6 is 11.3 Å². The maximum Gasteiger partial charge on any atom is 0.248 e. The van der Waals surface area contributed by atoms with Gasteiger partial charge in [0.1, 0.15) is 11.9 Å². The number of hydrogen-bond acceptors (Lipinski definition) is 3. The Bertz CT molecular complexity index is 1350. The predicted molar refractivity (Wildman–Crippen MR) is 152 cm³/mol. The van der Waals surface area contributed by atoms with Crippen molar-refractivity contribution in [3.63, 3.8) is 0 Å². The Morgan fingerprint density at radius 2 is 1.61 bits per heavy atom. The summed E-state index contributed by atoms with van der Waals surface area (Å²) in [4.78, 5) is 30.2. The number of carbonyl (C=O) groups is 2. The third-order valence-corrected chi connectivity index (χ3v) is 7.93. The van der Waals surface area contributed by atoms with Gasteiger partial charge in [0.15, 0.2) is 0 Å². The molecule has 1 aromatic heterocycles.